The molecule has 2 aromatic carbocycles. The second-order valence-electron chi connectivity index (χ2n) is 6.83. The number of carbonyl (C=O) groups is 1. The van der Waals surface area contributed by atoms with Gasteiger partial charge in [0.15, 0.2) is 0 Å². The number of hydrogen-bond acceptors (Lipinski definition) is 6. The molecule has 7 nitrogen and oxygen atoms in total. The van der Waals surface area contributed by atoms with E-state index in [1.807, 2.05) is 0 Å². The molecule has 0 heterocycles. The third kappa shape index (κ3) is 5.34. The number of benzene rings is 2. The molecule has 2 rings (SSSR count). The Balaban J connectivity index is 2.72. The van der Waals surface area contributed by atoms with Crippen LogP contribution in [0, 0.1) is 13.8 Å². The van der Waals surface area contributed by atoms with Gasteiger partial charge in [-0.05, 0) is 57.0 Å². The number of sulfonamides is 1. The van der Waals surface area contributed by atoms with E-state index < -0.39 is 32.9 Å². The highest BCUT2D eigenvalue weighted by Gasteiger charge is 2.46. The minimum absolute atomic E-state index is 0.000115. The molecular formula is C21H23F3N2O5S. The third-order valence-electron chi connectivity index (χ3n) is 4.64. The maximum atomic E-state index is 12.9. The first kappa shape index (κ1) is 25.1. The molecule has 0 atom stereocenters. The number of phenols is 1. The van der Waals surface area contributed by atoms with Crippen LogP contribution < -0.4 is 10.0 Å². The van der Waals surface area contributed by atoms with Gasteiger partial charge in [0.2, 0.25) is 0 Å². The second-order valence-corrected chi connectivity index (χ2v) is 8.51. The Morgan fingerprint density at radius 3 is 2.25 bits per heavy atom. The van der Waals surface area contributed by atoms with Crippen molar-refractivity contribution in [1.82, 2.24) is 0 Å². The number of anilines is 2. The number of para-hydroxylation sites is 1. The molecule has 0 aliphatic carbocycles. The summed E-state index contributed by atoms with van der Waals surface area (Å²) in [7, 11) is -5.72. The molecule has 2 aromatic rings. The number of allylic oxidation sites excluding steroid dienone is 1. The summed E-state index contributed by atoms with van der Waals surface area (Å²) in [5.74, 6) is -1.24. The number of phenolic OH excluding ortho intramolecular Hbond substituents is 1. The number of esters is 1. The molecule has 0 aromatic heterocycles. The molecule has 0 unspecified atom stereocenters. The predicted molar refractivity (Wildman–Crippen MR) is 115 cm³/mol. The molecule has 3 N–H and O–H groups in total. The average molecular weight is 472 g/mol. The molecule has 32 heavy (non-hydrogen) atoms. The number of alkyl halides is 3. The molecular weight excluding hydrogens is 449 g/mol. The van der Waals surface area contributed by atoms with E-state index in [-0.39, 0.29) is 34.6 Å². The van der Waals surface area contributed by atoms with Gasteiger partial charge < -0.3 is 15.2 Å². The van der Waals surface area contributed by atoms with Crippen LogP contribution in [0.2, 0.25) is 0 Å². The van der Waals surface area contributed by atoms with Crippen molar-refractivity contribution < 1.29 is 36.2 Å². The van der Waals surface area contributed by atoms with E-state index in [1.165, 1.54) is 25.5 Å². The van der Waals surface area contributed by atoms with Crippen molar-refractivity contribution in [3.05, 3.63) is 58.8 Å². The van der Waals surface area contributed by atoms with E-state index in [1.54, 1.807) is 37.3 Å². The Bertz CT molecular complexity index is 1140. The Morgan fingerprint density at radius 2 is 1.72 bits per heavy atom. The Hall–Kier alpha value is -3.21. The molecule has 0 saturated heterocycles. The van der Waals surface area contributed by atoms with Gasteiger partial charge in [0.25, 0.3) is 0 Å². The van der Waals surface area contributed by atoms with Crippen molar-refractivity contribution in [2.75, 3.05) is 16.6 Å². The normalized spacial score (nSPS) is 12.7. The number of halogens is 3. The van der Waals surface area contributed by atoms with Crippen LogP contribution in [0.1, 0.15) is 30.5 Å². The van der Waals surface area contributed by atoms with Gasteiger partial charge in [0.05, 0.1) is 17.9 Å². The van der Waals surface area contributed by atoms with Crippen LogP contribution in [-0.4, -0.2) is 31.6 Å². The van der Waals surface area contributed by atoms with Crippen molar-refractivity contribution >= 4 is 32.9 Å². The zero-order chi connectivity index (χ0) is 24.3. The number of carbonyl (C=O) groups excluding carboxylic acids is 1. The van der Waals surface area contributed by atoms with Gasteiger partial charge in [0.1, 0.15) is 5.75 Å². The zero-order valence-electron chi connectivity index (χ0n) is 17.8. The van der Waals surface area contributed by atoms with Gasteiger partial charge in [-0.1, -0.05) is 18.2 Å². The van der Waals surface area contributed by atoms with Crippen molar-refractivity contribution in [3.63, 3.8) is 0 Å². The predicted octanol–water partition coefficient (Wildman–Crippen LogP) is 4.68. The second kappa shape index (κ2) is 9.51. The minimum Gasteiger partial charge on any atom is -0.507 e. The lowest BCUT2D eigenvalue weighted by Gasteiger charge is -2.20. The molecule has 0 saturated carbocycles. The zero-order valence-corrected chi connectivity index (χ0v) is 18.6. The lowest BCUT2D eigenvalue weighted by molar-refractivity contribution is -0.136. The summed E-state index contributed by atoms with van der Waals surface area (Å²) >= 11 is 0. The molecule has 0 fully saturated rings. The van der Waals surface area contributed by atoms with E-state index in [9.17, 15) is 31.5 Å². The van der Waals surface area contributed by atoms with Gasteiger partial charge in [-0.25, -0.2) is 4.79 Å². The number of ether oxygens (including phenoxy) is 1. The molecule has 0 bridgehead atoms. The fourth-order valence-corrected chi connectivity index (χ4v) is 3.49. The highest BCUT2D eigenvalue weighted by molar-refractivity contribution is 7.93. The first-order chi connectivity index (χ1) is 14.8. The van der Waals surface area contributed by atoms with Crippen LogP contribution in [0.4, 0.5) is 24.5 Å². The Labute approximate surface area is 184 Å². The summed E-state index contributed by atoms with van der Waals surface area (Å²) in [6.45, 7) is 5.82. The first-order valence-corrected chi connectivity index (χ1v) is 10.9. The minimum atomic E-state index is -5.72. The third-order valence-corrected chi connectivity index (χ3v) is 5.74. The highest BCUT2D eigenvalue weighted by Crippen LogP contribution is 2.38. The lowest BCUT2D eigenvalue weighted by atomic mass is 9.96. The lowest BCUT2D eigenvalue weighted by Crippen LogP contribution is -2.30. The number of aromatic hydroxyl groups is 1. The van der Waals surface area contributed by atoms with Crippen LogP contribution in [0.25, 0.3) is 5.57 Å². The summed E-state index contributed by atoms with van der Waals surface area (Å²) in [6.07, 6.45) is 0. The number of rotatable bonds is 7. The molecule has 0 spiro atoms. The topological polar surface area (TPSA) is 105 Å². The van der Waals surface area contributed by atoms with Crippen molar-refractivity contribution in [2.45, 2.75) is 33.2 Å². The molecule has 0 radical (unpaired) electrons. The Kier molecular flexibility index (Phi) is 7.45. The summed E-state index contributed by atoms with van der Waals surface area (Å²) in [5, 5.41) is 13.7. The maximum absolute atomic E-state index is 12.9. The molecule has 11 heteroatoms. The molecule has 0 aliphatic rings. The fraction of sp³-hybridized carbons (Fsp3) is 0.286. The van der Waals surface area contributed by atoms with Gasteiger partial charge in [-0.2, -0.15) is 21.6 Å². The van der Waals surface area contributed by atoms with Crippen LogP contribution in [-0.2, 0) is 19.6 Å². The summed E-state index contributed by atoms with van der Waals surface area (Å²) in [6, 6.07) is 9.69. The maximum Gasteiger partial charge on any atom is 0.516 e. The van der Waals surface area contributed by atoms with E-state index >= 15 is 0 Å². The van der Waals surface area contributed by atoms with E-state index in [4.69, 9.17) is 4.74 Å². The van der Waals surface area contributed by atoms with Gasteiger partial charge in [-0.15, -0.1) is 0 Å². The molecule has 0 amide bonds. The van der Waals surface area contributed by atoms with E-state index in [2.05, 4.69) is 5.32 Å². The highest BCUT2D eigenvalue weighted by atomic mass is 32.2. The van der Waals surface area contributed by atoms with E-state index in [0.29, 0.717) is 5.69 Å². The van der Waals surface area contributed by atoms with E-state index in [0.717, 1.165) is 6.07 Å². The standard InChI is InChI=1S/C21H23F3N2O5S/c1-5-31-20(28)18(14(4)25-15-9-7-6-8-10-15)16-11-17(12(2)13(3)19(16)27)26-32(29,30)21(22,23)24/h6-11,25-27H,5H2,1-4H3. The van der Waals surface area contributed by atoms with Crippen LogP contribution in [0.5, 0.6) is 5.75 Å². The van der Waals surface area contributed by atoms with Crippen LogP contribution >= 0.6 is 0 Å². The monoisotopic (exact) mass is 472 g/mol. The largest absolute Gasteiger partial charge is 0.516 e. The summed E-state index contributed by atoms with van der Waals surface area (Å²) in [5.41, 5.74) is -5.33. The molecule has 174 valence electrons. The van der Waals surface area contributed by atoms with Crippen LogP contribution in [0.3, 0.4) is 0 Å². The number of nitrogens with one attached hydrogen (secondary N) is 2. The van der Waals surface area contributed by atoms with Crippen molar-refractivity contribution in [2.24, 2.45) is 0 Å². The molecule has 0 aliphatic heterocycles. The van der Waals surface area contributed by atoms with Crippen molar-refractivity contribution in [3.8, 4) is 5.75 Å². The smallest absolute Gasteiger partial charge is 0.507 e. The number of hydrogen-bond donors (Lipinski definition) is 3. The van der Waals surface area contributed by atoms with Crippen molar-refractivity contribution in [1.29, 1.82) is 0 Å². The van der Waals surface area contributed by atoms with Gasteiger partial charge in [-0.3, -0.25) is 4.72 Å². The fourth-order valence-electron chi connectivity index (χ4n) is 2.87. The summed E-state index contributed by atoms with van der Waals surface area (Å²) in [4.78, 5) is 12.7. The average Bonchev–Trinajstić information content (AvgIpc) is 2.70. The first-order valence-electron chi connectivity index (χ1n) is 9.42. The van der Waals surface area contributed by atoms with Crippen LogP contribution in [0.15, 0.2) is 42.1 Å². The quantitative estimate of drug-likeness (QED) is 0.307. The van der Waals surface area contributed by atoms with Gasteiger partial charge >= 0.3 is 21.5 Å². The van der Waals surface area contributed by atoms with Gasteiger partial charge in [0, 0.05) is 16.9 Å². The summed E-state index contributed by atoms with van der Waals surface area (Å²) < 4.78 is 68.5. The Morgan fingerprint density at radius 1 is 1.12 bits per heavy atom. The SMILES string of the molecule is CCOC(=O)C(=C(C)Nc1ccccc1)c1cc(NS(=O)(=O)C(F)(F)F)c(C)c(C)c1O.